The Bertz CT molecular complexity index is 354. The summed E-state index contributed by atoms with van der Waals surface area (Å²) in [6, 6.07) is 5.81. The van der Waals surface area contributed by atoms with E-state index in [1.54, 1.807) is 12.1 Å². The lowest BCUT2D eigenvalue weighted by molar-refractivity contribution is 0.231. The predicted octanol–water partition coefficient (Wildman–Crippen LogP) is 2.42. The molecule has 0 fully saturated rings. The molecule has 0 aliphatic carbocycles. The largest absolute Gasteiger partial charge is 0.334 e. The van der Waals surface area contributed by atoms with Crippen molar-refractivity contribution < 1.29 is 9.18 Å². The molecule has 0 atom stereocenters. The van der Waals surface area contributed by atoms with Gasteiger partial charge in [-0.2, -0.15) is 0 Å². The maximum absolute atomic E-state index is 12.6. The fourth-order valence-electron chi connectivity index (χ4n) is 1.17. The van der Waals surface area contributed by atoms with Gasteiger partial charge in [-0.15, -0.1) is 0 Å². The van der Waals surface area contributed by atoms with E-state index in [2.05, 4.69) is 10.6 Å². The van der Waals surface area contributed by atoms with Crippen molar-refractivity contribution in [2.24, 2.45) is 0 Å². The number of nitrogens with one attached hydrogen (secondary N) is 2. The van der Waals surface area contributed by atoms with E-state index in [9.17, 15) is 9.18 Å². The summed E-state index contributed by atoms with van der Waals surface area (Å²) in [5.74, 6) is -0.275. The molecule has 1 aromatic rings. The Kier molecular flexibility index (Phi) is 3.88. The van der Waals surface area contributed by atoms with Gasteiger partial charge in [0.1, 0.15) is 5.82 Å². The lowest BCUT2D eigenvalue weighted by Crippen LogP contribution is -2.46. The standard InChI is InChI=1S/C12H17FN2O/c1-12(2,3)15-11(16)14-8-9-4-6-10(13)7-5-9/h4-7H,8H2,1-3H3,(H2,14,15,16). The van der Waals surface area contributed by atoms with Crippen molar-refractivity contribution in [3.05, 3.63) is 35.6 Å². The third-order valence-corrected chi connectivity index (χ3v) is 1.85. The van der Waals surface area contributed by atoms with E-state index in [4.69, 9.17) is 0 Å². The van der Waals surface area contributed by atoms with E-state index in [-0.39, 0.29) is 17.4 Å². The molecule has 2 N–H and O–H groups in total. The zero-order valence-electron chi connectivity index (χ0n) is 9.80. The van der Waals surface area contributed by atoms with Crippen molar-refractivity contribution in [1.29, 1.82) is 0 Å². The average Bonchev–Trinajstić information content (AvgIpc) is 2.14. The SMILES string of the molecule is CC(C)(C)NC(=O)NCc1ccc(F)cc1. The third kappa shape index (κ3) is 4.77. The van der Waals surface area contributed by atoms with Gasteiger partial charge in [-0.1, -0.05) is 12.1 Å². The molecule has 0 saturated carbocycles. The molecule has 0 unspecified atom stereocenters. The molecule has 3 nitrogen and oxygen atoms in total. The molecule has 16 heavy (non-hydrogen) atoms. The third-order valence-electron chi connectivity index (χ3n) is 1.85. The van der Waals surface area contributed by atoms with Crippen molar-refractivity contribution in [2.45, 2.75) is 32.9 Å². The predicted molar refractivity (Wildman–Crippen MR) is 61.5 cm³/mol. The zero-order valence-corrected chi connectivity index (χ0v) is 9.80. The van der Waals surface area contributed by atoms with Crippen LogP contribution >= 0.6 is 0 Å². The molecule has 0 aromatic heterocycles. The van der Waals surface area contributed by atoms with E-state index < -0.39 is 0 Å². The second kappa shape index (κ2) is 4.96. The molecule has 0 aliphatic rings. The summed E-state index contributed by atoms with van der Waals surface area (Å²) in [6.07, 6.45) is 0. The average molecular weight is 224 g/mol. The highest BCUT2D eigenvalue weighted by Gasteiger charge is 2.12. The Morgan fingerprint density at radius 2 is 1.81 bits per heavy atom. The van der Waals surface area contributed by atoms with Crippen LogP contribution in [0.4, 0.5) is 9.18 Å². The number of carbonyl (C=O) groups excluding carboxylic acids is 1. The number of rotatable bonds is 2. The number of urea groups is 1. The molecule has 4 heteroatoms. The number of carbonyl (C=O) groups is 1. The first-order valence-electron chi connectivity index (χ1n) is 5.17. The van der Waals surface area contributed by atoms with Crippen LogP contribution in [0.5, 0.6) is 0 Å². The molecule has 1 aromatic carbocycles. The molecule has 0 bridgehead atoms. The maximum Gasteiger partial charge on any atom is 0.315 e. The Labute approximate surface area is 95.0 Å². The Balaban J connectivity index is 2.40. The van der Waals surface area contributed by atoms with Crippen molar-refractivity contribution in [3.63, 3.8) is 0 Å². The number of benzene rings is 1. The van der Waals surface area contributed by atoms with Crippen molar-refractivity contribution in [2.75, 3.05) is 0 Å². The number of hydrogen-bond donors (Lipinski definition) is 2. The first-order valence-corrected chi connectivity index (χ1v) is 5.17. The number of amides is 2. The van der Waals surface area contributed by atoms with E-state index >= 15 is 0 Å². The molecule has 0 radical (unpaired) electrons. The van der Waals surface area contributed by atoms with Gasteiger partial charge in [0.2, 0.25) is 0 Å². The zero-order chi connectivity index (χ0) is 12.2. The molecule has 0 heterocycles. The quantitative estimate of drug-likeness (QED) is 0.795. The van der Waals surface area contributed by atoms with Gasteiger partial charge in [0, 0.05) is 12.1 Å². The summed E-state index contributed by atoms with van der Waals surface area (Å²) in [5, 5.41) is 5.48. The van der Waals surface area contributed by atoms with Crippen molar-refractivity contribution in [1.82, 2.24) is 10.6 Å². The maximum atomic E-state index is 12.6. The summed E-state index contributed by atoms with van der Waals surface area (Å²) in [6.45, 7) is 6.11. The van der Waals surface area contributed by atoms with E-state index in [1.165, 1.54) is 12.1 Å². The van der Waals surface area contributed by atoms with Gasteiger partial charge < -0.3 is 10.6 Å². The summed E-state index contributed by atoms with van der Waals surface area (Å²) in [5.41, 5.74) is 0.609. The Morgan fingerprint density at radius 1 is 1.25 bits per heavy atom. The lowest BCUT2D eigenvalue weighted by atomic mass is 10.1. The first kappa shape index (κ1) is 12.5. The van der Waals surface area contributed by atoms with E-state index in [0.717, 1.165) is 5.56 Å². The fraction of sp³-hybridized carbons (Fsp3) is 0.417. The van der Waals surface area contributed by atoms with Crippen LogP contribution < -0.4 is 10.6 Å². The second-order valence-electron chi connectivity index (χ2n) is 4.68. The Hall–Kier alpha value is -1.58. The van der Waals surface area contributed by atoms with Gasteiger partial charge in [0.15, 0.2) is 0 Å². The molecule has 1 rings (SSSR count). The summed E-state index contributed by atoms with van der Waals surface area (Å²) >= 11 is 0. The van der Waals surface area contributed by atoms with Crippen LogP contribution in [0.2, 0.25) is 0 Å². The second-order valence-corrected chi connectivity index (χ2v) is 4.68. The van der Waals surface area contributed by atoms with Gasteiger partial charge in [0.05, 0.1) is 0 Å². The first-order chi connectivity index (χ1) is 7.37. The van der Waals surface area contributed by atoms with Crippen LogP contribution in [0.1, 0.15) is 26.3 Å². The van der Waals surface area contributed by atoms with E-state index in [1.807, 2.05) is 20.8 Å². The fourth-order valence-corrected chi connectivity index (χ4v) is 1.17. The lowest BCUT2D eigenvalue weighted by Gasteiger charge is -2.20. The van der Waals surface area contributed by atoms with Crippen LogP contribution in [0, 0.1) is 5.82 Å². The summed E-state index contributed by atoms with van der Waals surface area (Å²) < 4.78 is 12.6. The minimum Gasteiger partial charge on any atom is -0.334 e. The molecule has 88 valence electrons. The van der Waals surface area contributed by atoms with Gasteiger partial charge in [-0.25, -0.2) is 9.18 Å². The summed E-state index contributed by atoms with van der Waals surface area (Å²) in [7, 11) is 0. The normalized spacial score (nSPS) is 11.0. The van der Waals surface area contributed by atoms with Crippen LogP contribution in [-0.4, -0.2) is 11.6 Å². The Morgan fingerprint density at radius 3 is 2.31 bits per heavy atom. The molecular formula is C12H17FN2O. The van der Waals surface area contributed by atoms with Crippen LogP contribution in [0.25, 0.3) is 0 Å². The van der Waals surface area contributed by atoms with E-state index in [0.29, 0.717) is 6.54 Å². The molecule has 0 spiro atoms. The summed E-state index contributed by atoms with van der Waals surface area (Å²) in [4.78, 5) is 11.4. The smallest absolute Gasteiger partial charge is 0.315 e. The molecule has 0 saturated heterocycles. The molecular weight excluding hydrogens is 207 g/mol. The van der Waals surface area contributed by atoms with Crippen LogP contribution in [0.3, 0.4) is 0 Å². The van der Waals surface area contributed by atoms with Crippen molar-refractivity contribution in [3.8, 4) is 0 Å². The molecule has 0 aliphatic heterocycles. The van der Waals surface area contributed by atoms with Gasteiger partial charge in [0.25, 0.3) is 0 Å². The minimum atomic E-state index is -0.275. The minimum absolute atomic E-state index is 0.225. The van der Waals surface area contributed by atoms with Crippen LogP contribution in [-0.2, 0) is 6.54 Å². The molecule has 2 amide bonds. The van der Waals surface area contributed by atoms with Gasteiger partial charge >= 0.3 is 6.03 Å². The number of hydrogen-bond acceptors (Lipinski definition) is 1. The van der Waals surface area contributed by atoms with Crippen LogP contribution in [0.15, 0.2) is 24.3 Å². The van der Waals surface area contributed by atoms with Crippen molar-refractivity contribution >= 4 is 6.03 Å². The highest BCUT2D eigenvalue weighted by molar-refractivity contribution is 5.74. The van der Waals surface area contributed by atoms with Gasteiger partial charge in [-0.3, -0.25) is 0 Å². The van der Waals surface area contributed by atoms with Gasteiger partial charge in [-0.05, 0) is 38.5 Å². The monoisotopic (exact) mass is 224 g/mol. The highest BCUT2D eigenvalue weighted by atomic mass is 19.1. The topological polar surface area (TPSA) is 41.1 Å². The highest BCUT2D eigenvalue weighted by Crippen LogP contribution is 2.02. The number of halogens is 1.